The second-order valence-electron chi connectivity index (χ2n) is 5.13. The van der Waals surface area contributed by atoms with Crippen LogP contribution in [-0.4, -0.2) is 37.5 Å². The Balaban J connectivity index is 3.65. The molecule has 1 aromatic rings. The Kier molecular flexibility index (Phi) is 5.46. The minimum atomic E-state index is -6.71. The Morgan fingerprint density at radius 2 is 1.32 bits per heavy atom. The summed E-state index contributed by atoms with van der Waals surface area (Å²) in [5, 5.41) is 9.68. The Labute approximate surface area is 139 Å². The molecule has 0 aromatic heterocycles. The first-order chi connectivity index (χ1) is 10.9. The smallest absolute Gasteiger partial charge is 0.498 e. The third-order valence-corrected chi connectivity index (χ3v) is 8.00. The van der Waals surface area contributed by atoms with Crippen molar-refractivity contribution in [3.05, 3.63) is 28.8 Å². The van der Waals surface area contributed by atoms with Crippen LogP contribution in [-0.2, 0) is 26.1 Å². The van der Waals surface area contributed by atoms with E-state index in [1.165, 1.54) is 6.92 Å². The number of benzene rings is 1. The summed E-state index contributed by atoms with van der Waals surface area (Å²) in [4.78, 5) is 0. The van der Waals surface area contributed by atoms with Gasteiger partial charge in [-0.1, -0.05) is 12.1 Å². The highest BCUT2D eigenvalue weighted by Gasteiger charge is 2.62. The van der Waals surface area contributed by atoms with Gasteiger partial charge in [0.25, 0.3) is 19.7 Å². The summed E-state index contributed by atoms with van der Waals surface area (Å²) in [6.07, 6.45) is -1.62. The minimum absolute atomic E-state index is 0.218. The Bertz CT molecular complexity index is 824. The third kappa shape index (κ3) is 3.86. The molecule has 0 saturated carbocycles. The fourth-order valence-corrected chi connectivity index (χ4v) is 5.35. The maximum Gasteiger partial charge on any atom is 0.498 e. The van der Waals surface area contributed by atoms with Gasteiger partial charge in [0.1, 0.15) is 5.75 Å². The maximum absolute atomic E-state index is 12.7. The van der Waals surface area contributed by atoms with Crippen molar-refractivity contribution < 1.29 is 48.3 Å². The zero-order valence-corrected chi connectivity index (χ0v) is 14.2. The van der Waals surface area contributed by atoms with Crippen molar-refractivity contribution in [3.8, 4) is 5.75 Å². The molecule has 1 aromatic carbocycles. The van der Waals surface area contributed by atoms with E-state index in [9.17, 15) is 48.3 Å². The standard InChI is InChI=1S/C12H12F6O5S2/c1-6-3-4-8(7(2)10(6)19)5-9(24(20,21)11(13,14)15)25(22,23)12(16,17)18/h3-4,9,19H,5H2,1-2H3. The highest BCUT2D eigenvalue weighted by atomic mass is 32.3. The van der Waals surface area contributed by atoms with Crippen molar-refractivity contribution in [2.75, 3.05) is 0 Å². The average molecular weight is 414 g/mol. The molecule has 1 N–H and O–H groups in total. The van der Waals surface area contributed by atoms with Gasteiger partial charge in [0.05, 0.1) is 0 Å². The van der Waals surface area contributed by atoms with Crippen molar-refractivity contribution in [1.82, 2.24) is 0 Å². The van der Waals surface area contributed by atoms with Gasteiger partial charge in [0, 0.05) is 6.42 Å². The van der Waals surface area contributed by atoms with Crippen LogP contribution in [0, 0.1) is 13.8 Å². The Morgan fingerprint density at radius 3 is 1.68 bits per heavy atom. The molecule has 0 unspecified atom stereocenters. The first-order valence-corrected chi connectivity index (χ1v) is 9.42. The molecule has 0 amide bonds. The van der Waals surface area contributed by atoms with Crippen LogP contribution in [0.15, 0.2) is 12.1 Å². The number of sulfone groups is 2. The molecule has 0 saturated heterocycles. The van der Waals surface area contributed by atoms with Gasteiger partial charge in [-0.2, -0.15) is 26.3 Å². The third-order valence-electron chi connectivity index (χ3n) is 3.47. The van der Waals surface area contributed by atoms with Crippen LogP contribution in [0.3, 0.4) is 0 Å². The van der Waals surface area contributed by atoms with E-state index in [4.69, 9.17) is 0 Å². The summed E-state index contributed by atoms with van der Waals surface area (Å²) in [5.41, 5.74) is -12.9. The number of hydrogen-bond donors (Lipinski definition) is 1. The van der Waals surface area contributed by atoms with Gasteiger partial charge in [-0.15, -0.1) is 0 Å². The molecule has 0 bridgehead atoms. The molecule has 0 heterocycles. The first kappa shape index (κ1) is 21.5. The second kappa shape index (κ2) is 6.34. The normalized spacial score (nSPS) is 14.1. The molecule has 144 valence electrons. The number of phenolic OH excluding ortho intramolecular Hbond substituents is 1. The lowest BCUT2D eigenvalue weighted by Crippen LogP contribution is -2.46. The highest BCUT2D eigenvalue weighted by Crippen LogP contribution is 2.38. The van der Waals surface area contributed by atoms with Gasteiger partial charge < -0.3 is 5.11 Å². The van der Waals surface area contributed by atoms with E-state index in [0.29, 0.717) is 0 Å². The van der Waals surface area contributed by atoms with Crippen LogP contribution < -0.4 is 0 Å². The van der Waals surface area contributed by atoms with E-state index in [1.54, 1.807) is 0 Å². The molecule has 5 nitrogen and oxygen atoms in total. The molecule has 0 radical (unpaired) electrons. The fraction of sp³-hybridized carbons (Fsp3) is 0.500. The molecular formula is C12H12F6O5S2. The van der Waals surface area contributed by atoms with Crippen molar-refractivity contribution in [2.45, 2.75) is 35.9 Å². The zero-order chi connectivity index (χ0) is 20.0. The molecule has 25 heavy (non-hydrogen) atoms. The maximum atomic E-state index is 12.7. The summed E-state index contributed by atoms with van der Waals surface area (Å²) in [6, 6.07) is 2.06. The van der Waals surface area contributed by atoms with Gasteiger partial charge in [-0.25, -0.2) is 16.8 Å². The second-order valence-corrected chi connectivity index (χ2v) is 9.67. The Morgan fingerprint density at radius 1 is 0.920 bits per heavy atom. The van der Waals surface area contributed by atoms with E-state index >= 15 is 0 Å². The molecule has 0 spiro atoms. The average Bonchev–Trinajstić information content (AvgIpc) is 2.41. The quantitative estimate of drug-likeness (QED) is 0.766. The highest BCUT2D eigenvalue weighted by molar-refractivity contribution is 8.09. The van der Waals surface area contributed by atoms with E-state index in [2.05, 4.69) is 0 Å². The first-order valence-electron chi connectivity index (χ1n) is 6.33. The van der Waals surface area contributed by atoms with Crippen LogP contribution in [0.4, 0.5) is 26.3 Å². The molecule has 1 rings (SSSR count). The number of alkyl halides is 6. The van der Waals surface area contributed by atoms with E-state index in [-0.39, 0.29) is 11.1 Å². The van der Waals surface area contributed by atoms with E-state index in [0.717, 1.165) is 19.1 Å². The number of rotatable bonds is 4. The monoisotopic (exact) mass is 414 g/mol. The van der Waals surface area contributed by atoms with Gasteiger partial charge in [-0.3, -0.25) is 0 Å². The number of hydrogen-bond acceptors (Lipinski definition) is 5. The zero-order valence-electron chi connectivity index (χ0n) is 12.6. The largest absolute Gasteiger partial charge is 0.507 e. The Hall–Kier alpha value is -1.50. The molecule has 0 aliphatic rings. The summed E-state index contributed by atoms with van der Waals surface area (Å²) in [6.45, 7) is 2.48. The van der Waals surface area contributed by atoms with Crippen molar-refractivity contribution in [1.29, 1.82) is 0 Å². The van der Waals surface area contributed by atoms with E-state index < -0.39 is 53.0 Å². The van der Waals surface area contributed by atoms with E-state index in [1.807, 2.05) is 0 Å². The van der Waals surface area contributed by atoms with Crippen molar-refractivity contribution in [2.24, 2.45) is 0 Å². The van der Waals surface area contributed by atoms with Crippen molar-refractivity contribution >= 4 is 19.7 Å². The molecular weight excluding hydrogens is 402 g/mol. The number of phenols is 1. The lowest BCUT2D eigenvalue weighted by atomic mass is 10.0. The number of aromatic hydroxyl groups is 1. The lowest BCUT2D eigenvalue weighted by Gasteiger charge is -2.22. The predicted molar refractivity (Wildman–Crippen MR) is 75.0 cm³/mol. The molecule has 0 aliphatic carbocycles. The number of halogens is 6. The predicted octanol–water partition coefficient (Wildman–Crippen LogP) is 2.75. The van der Waals surface area contributed by atoms with Crippen molar-refractivity contribution in [3.63, 3.8) is 0 Å². The van der Waals surface area contributed by atoms with Crippen LogP contribution in [0.1, 0.15) is 16.7 Å². The topological polar surface area (TPSA) is 88.5 Å². The SMILES string of the molecule is Cc1ccc(CC(S(=O)(=O)C(F)(F)F)S(=O)(=O)C(F)(F)F)c(C)c1O. The summed E-state index contributed by atoms with van der Waals surface area (Å²) >= 11 is 0. The van der Waals surface area contributed by atoms with Gasteiger partial charge in [-0.05, 0) is 30.5 Å². The van der Waals surface area contributed by atoms with Gasteiger partial charge in [0.15, 0.2) is 4.58 Å². The summed E-state index contributed by atoms with van der Waals surface area (Å²) in [5.74, 6) is -0.495. The van der Waals surface area contributed by atoms with Gasteiger partial charge in [0.2, 0.25) is 0 Å². The fourth-order valence-electron chi connectivity index (χ4n) is 1.96. The summed E-state index contributed by atoms with van der Waals surface area (Å²) in [7, 11) is -13.4. The lowest BCUT2D eigenvalue weighted by molar-refractivity contribution is -0.0471. The molecule has 0 atom stereocenters. The van der Waals surface area contributed by atoms with Crippen LogP contribution in [0.5, 0.6) is 5.75 Å². The minimum Gasteiger partial charge on any atom is -0.507 e. The van der Waals surface area contributed by atoms with Crippen LogP contribution in [0.25, 0.3) is 0 Å². The van der Waals surface area contributed by atoms with Crippen LogP contribution >= 0.6 is 0 Å². The number of aryl methyl sites for hydroxylation is 1. The summed E-state index contributed by atoms with van der Waals surface area (Å²) < 4.78 is 118. The molecule has 13 heteroatoms. The van der Waals surface area contributed by atoms with Crippen LogP contribution in [0.2, 0.25) is 0 Å². The van der Waals surface area contributed by atoms with Gasteiger partial charge >= 0.3 is 11.0 Å². The molecule has 0 aliphatic heterocycles. The molecule has 0 fully saturated rings.